The van der Waals surface area contributed by atoms with Gasteiger partial charge in [0.25, 0.3) is 0 Å². The monoisotopic (exact) mass is 228 g/mol. The summed E-state index contributed by atoms with van der Waals surface area (Å²) >= 11 is 0. The maximum Gasteiger partial charge on any atom is 0.227 e. The summed E-state index contributed by atoms with van der Waals surface area (Å²) in [7, 11) is -1.35. The van der Waals surface area contributed by atoms with Crippen molar-refractivity contribution in [1.82, 2.24) is 4.90 Å². The van der Waals surface area contributed by atoms with Crippen molar-refractivity contribution in [2.45, 2.75) is 6.54 Å². The normalized spacial score (nSPS) is 15.2. The zero-order valence-corrected chi connectivity index (χ0v) is 9.73. The molecular formula is C10H17N2O2P. The van der Waals surface area contributed by atoms with E-state index in [0.29, 0.717) is 6.54 Å². The molecule has 0 bridgehead atoms. The Morgan fingerprint density at radius 3 is 2.53 bits per heavy atom. The summed E-state index contributed by atoms with van der Waals surface area (Å²) in [5.74, 6) is 0. The SMILES string of the molecule is CN(Cc1ccccc1)CP(=O)(O)CN. The molecule has 1 atom stereocenters. The number of benzene rings is 1. The molecule has 0 saturated heterocycles. The molecule has 1 rings (SSSR count). The Morgan fingerprint density at radius 1 is 1.40 bits per heavy atom. The van der Waals surface area contributed by atoms with Crippen LogP contribution < -0.4 is 5.73 Å². The van der Waals surface area contributed by atoms with E-state index < -0.39 is 7.37 Å². The number of hydrogen-bond donors (Lipinski definition) is 2. The van der Waals surface area contributed by atoms with Gasteiger partial charge in [0, 0.05) is 6.54 Å². The van der Waals surface area contributed by atoms with Crippen molar-refractivity contribution in [3.8, 4) is 0 Å². The molecule has 0 radical (unpaired) electrons. The van der Waals surface area contributed by atoms with Crippen molar-refractivity contribution in [3.05, 3.63) is 35.9 Å². The third-order valence-corrected chi connectivity index (χ3v) is 3.54. The van der Waals surface area contributed by atoms with Gasteiger partial charge in [-0.3, -0.25) is 9.46 Å². The fourth-order valence-electron chi connectivity index (χ4n) is 1.38. The van der Waals surface area contributed by atoms with Gasteiger partial charge in [-0.2, -0.15) is 0 Å². The summed E-state index contributed by atoms with van der Waals surface area (Å²) in [5.41, 5.74) is 6.33. The van der Waals surface area contributed by atoms with Crippen LogP contribution in [-0.2, 0) is 11.1 Å². The van der Waals surface area contributed by atoms with Crippen molar-refractivity contribution in [2.24, 2.45) is 5.73 Å². The lowest BCUT2D eigenvalue weighted by molar-refractivity contribution is 0.353. The Labute approximate surface area is 90.2 Å². The highest BCUT2D eigenvalue weighted by Gasteiger charge is 2.17. The quantitative estimate of drug-likeness (QED) is 0.744. The van der Waals surface area contributed by atoms with Crippen LogP contribution in [-0.4, -0.2) is 29.4 Å². The summed E-state index contributed by atoms with van der Waals surface area (Å²) in [6.45, 7) is 0.658. The molecule has 0 heterocycles. The highest BCUT2D eigenvalue weighted by Crippen LogP contribution is 2.38. The zero-order chi connectivity index (χ0) is 11.3. The summed E-state index contributed by atoms with van der Waals surface area (Å²) in [4.78, 5) is 11.2. The van der Waals surface area contributed by atoms with E-state index in [0.717, 1.165) is 5.56 Å². The van der Waals surface area contributed by atoms with Crippen LogP contribution in [0, 0.1) is 0 Å². The van der Waals surface area contributed by atoms with Crippen LogP contribution in [0.5, 0.6) is 0 Å². The maximum atomic E-state index is 11.4. The molecule has 1 aromatic rings. The minimum absolute atomic E-state index is 0.137. The van der Waals surface area contributed by atoms with Gasteiger partial charge >= 0.3 is 0 Å². The minimum Gasteiger partial charge on any atom is -0.343 e. The van der Waals surface area contributed by atoms with Gasteiger partial charge in [0.05, 0.1) is 12.6 Å². The van der Waals surface area contributed by atoms with Gasteiger partial charge in [0.15, 0.2) is 0 Å². The largest absolute Gasteiger partial charge is 0.343 e. The lowest BCUT2D eigenvalue weighted by Gasteiger charge is -2.19. The summed E-state index contributed by atoms with van der Waals surface area (Å²) in [6.07, 6.45) is -0.0233. The maximum absolute atomic E-state index is 11.4. The van der Waals surface area contributed by atoms with Crippen molar-refractivity contribution in [3.63, 3.8) is 0 Å². The molecule has 3 N–H and O–H groups in total. The van der Waals surface area contributed by atoms with E-state index in [9.17, 15) is 9.46 Å². The Morgan fingerprint density at radius 2 is 2.00 bits per heavy atom. The number of rotatable bonds is 5. The van der Waals surface area contributed by atoms with E-state index in [-0.39, 0.29) is 12.6 Å². The van der Waals surface area contributed by atoms with Crippen LogP contribution in [0.25, 0.3) is 0 Å². The molecule has 5 heteroatoms. The smallest absolute Gasteiger partial charge is 0.227 e. The number of nitrogens with two attached hydrogens (primary N) is 1. The highest BCUT2D eigenvalue weighted by molar-refractivity contribution is 7.57. The van der Waals surface area contributed by atoms with Crippen molar-refractivity contribution in [1.29, 1.82) is 0 Å². The van der Waals surface area contributed by atoms with Crippen LogP contribution >= 0.6 is 7.37 Å². The van der Waals surface area contributed by atoms with Gasteiger partial charge in [-0.05, 0) is 12.6 Å². The Hall–Kier alpha value is -0.670. The van der Waals surface area contributed by atoms with Crippen LogP contribution in [0.15, 0.2) is 30.3 Å². The molecule has 0 saturated carbocycles. The second-order valence-electron chi connectivity index (χ2n) is 3.67. The molecule has 4 nitrogen and oxygen atoms in total. The molecule has 0 aliphatic rings. The van der Waals surface area contributed by atoms with Crippen molar-refractivity contribution in [2.75, 3.05) is 19.6 Å². The molecule has 0 spiro atoms. The fourth-order valence-corrected chi connectivity index (χ4v) is 2.35. The second kappa shape index (κ2) is 5.42. The van der Waals surface area contributed by atoms with Gasteiger partial charge in [-0.15, -0.1) is 0 Å². The molecule has 0 aromatic heterocycles. The first kappa shape index (κ1) is 12.4. The van der Waals surface area contributed by atoms with E-state index in [1.165, 1.54) is 0 Å². The lowest BCUT2D eigenvalue weighted by atomic mass is 10.2. The fraction of sp³-hybridized carbons (Fsp3) is 0.400. The number of hydrogen-bond acceptors (Lipinski definition) is 3. The van der Waals surface area contributed by atoms with Gasteiger partial charge in [0.2, 0.25) is 7.37 Å². The van der Waals surface area contributed by atoms with Crippen molar-refractivity contribution >= 4 is 7.37 Å². The van der Waals surface area contributed by atoms with Gasteiger partial charge in [-0.25, -0.2) is 0 Å². The summed E-state index contributed by atoms with van der Waals surface area (Å²) in [5, 5.41) is 0. The standard InChI is InChI=1S/C10H17N2O2P/c1-12(9-15(13,14)8-11)7-10-5-3-2-4-6-10/h2-6H,7-9,11H2,1H3,(H,13,14). The molecule has 0 amide bonds. The Balaban J connectivity index is 2.50. The minimum atomic E-state index is -3.16. The Bertz CT molecular complexity index is 343. The van der Waals surface area contributed by atoms with Crippen LogP contribution in [0.3, 0.4) is 0 Å². The third kappa shape index (κ3) is 4.58. The third-order valence-electron chi connectivity index (χ3n) is 2.04. The molecule has 0 fully saturated rings. The van der Waals surface area contributed by atoms with Crippen molar-refractivity contribution < 1.29 is 9.46 Å². The molecule has 15 heavy (non-hydrogen) atoms. The summed E-state index contributed by atoms with van der Waals surface area (Å²) < 4.78 is 11.4. The van der Waals surface area contributed by atoms with Crippen LogP contribution in [0.2, 0.25) is 0 Å². The second-order valence-corrected chi connectivity index (χ2v) is 6.01. The molecule has 0 aliphatic heterocycles. The first-order valence-electron chi connectivity index (χ1n) is 4.77. The molecule has 1 unspecified atom stereocenters. The predicted octanol–water partition coefficient (Wildman–Crippen LogP) is 1.26. The molecular weight excluding hydrogens is 211 g/mol. The molecule has 0 aliphatic carbocycles. The van der Waals surface area contributed by atoms with E-state index in [1.807, 2.05) is 42.3 Å². The van der Waals surface area contributed by atoms with E-state index in [2.05, 4.69) is 0 Å². The average molecular weight is 228 g/mol. The first-order valence-corrected chi connectivity index (χ1v) is 6.80. The van der Waals surface area contributed by atoms with Crippen LogP contribution in [0.1, 0.15) is 5.56 Å². The average Bonchev–Trinajstić information content (AvgIpc) is 2.18. The van der Waals surface area contributed by atoms with Gasteiger partial charge in [-0.1, -0.05) is 30.3 Å². The Kier molecular flexibility index (Phi) is 4.48. The van der Waals surface area contributed by atoms with E-state index >= 15 is 0 Å². The predicted molar refractivity (Wildman–Crippen MR) is 61.7 cm³/mol. The lowest BCUT2D eigenvalue weighted by Crippen LogP contribution is -2.21. The first-order chi connectivity index (χ1) is 7.03. The van der Waals surface area contributed by atoms with Gasteiger partial charge in [0.1, 0.15) is 0 Å². The van der Waals surface area contributed by atoms with E-state index in [1.54, 1.807) is 0 Å². The molecule has 84 valence electrons. The van der Waals surface area contributed by atoms with Crippen LogP contribution in [0.4, 0.5) is 0 Å². The summed E-state index contributed by atoms with van der Waals surface area (Å²) in [6, 6.07) is 9.82. The highest BCUT2D eigenvalue weighted by atomic mass is 31.2. The molecule has 1 aromatic carbocycles. The van der Waals surface area contributed by atoms with E-state index in [4.69, 9.17) is 5.73 Å². The number of nitrogens with zero attached hydrogens (tertiary/aromatic N) is 1. The topological polar surface area (TPSA) is 66.6 Å². The van der Waals surface area contributed by atoms with Gasteiger partial charge < -0.3 is 10.6 Å². The zero-order valence-electron chi connectivity index (χ0n) is 8.84.